The highest BCUT2D eigenvalue weighted by atomic mass is 32.2. The van der Waals surface area contributed by atoms with Gasteiger partial charge in [0.2, 0.25) is 0 Å². The highest BCUT2D eigenvalue weighted by Crippen LogP contribution is 2.23. The summed E-state index contributed by atoms with van der Waals surface area (Å²) in [5.41, 5.74) is -0.496. The van der Waals surface area contributed by atoms with Crippen LogP contribution < -0.4 is 0 Å². The molecule has 2 heterocycles. The minimum atomic E-state index is -1.13. The first kappa shape index (κ1) is 14.5. The Balaban J connectivity index is 1.93. The van der Waals surface area contributed by atoms with E-state index in [1.807, 2.05) is 26.2 Å². The van der Waals surface area contributed by atoms with E-state index in [2.05, 4.69) is 4.98 Å². The van der Waals surface area contributed by atoms with E-state index in [-0.39, 0.29) is 11.3 Å². The number of rotatable bonds is 2. The number of nitrogens with zero attached hydrogens (tertiary/aromatic N) is 2. The van der Waals surface area contributed by atoms with Gasteiger partial charge in [-0.1, -0.05) is 0 Å². The van der Waals surface area contributed by atoms with Crippen molar-refractivity contribution in [2.24, 2.45) is 0 Å². The standard InChI is InChI=1S/C12H18N2O3S2/c1-12(2,3)17-11(15)14-6-4-9(8-14)19(16)10-13-5-7-18-10/h5,7,9H,4,6,8H2,1-3H3/t9-,19+/m1/s1. The normalized spacial score (nSPS) is 21.4. The molecule has 2 atom stereocenters. The van der Waals surface area contributed by atoms with E-state index in [0.717, 1.165) is 6.42 Å². The molecule has 2 rings (SSSR count). The zero-order valence-corrected chi connectivity index (χ0v) is 12.9. The molecule has 1 aliphatic heterocycles. The first-order valence-corrected chi connectivity index (χ1v) is 8.24. The maximum Gasteiger partial charge on any atom is 0.410 e. The molecule has 106 valence electrons. The third-order valence-electron chi connectivity index (χ3n) is 2.68. The van der Waals surface area contributed by atoms with Crippen LogP contribution in [0, 0.1) is 0 Å². The fourth-order valence-electron chi connectivity index (χ4n) is 1.85. The molecule has 0 aliphatic carbocycles. The van der Waals surface area contributed by atoms with Crippen LogP contribution in [0.1, 0.15) is 27.2 Å². The van der Waals surface area contributed by atoms with Crippen molar-refractivity contribution in [3.8, 4) is 0 Å². The van der Waals surface area contributed by atoms with Gasteiger partial charge in [-0.2, -0.15) is 0 Å². The second-order valence-corrected chi connectivity index (χ2v) is 8.23. The van der Waals surface area contributed by atoms with Crippen molar-refractivity contribution >= 4 is 28.2 Å². The molecule has 0 spiro atoms. The van der Waals surface area contributed by atoms with E-state index >= 15 is 0 Å². The molecule has 0 unspecified atom stereocenters. The maximum absolute atomic E-state index is 12.2. The van der Waals surface area contributed by atoms with Gasteiger partial charge >= 0.3 is 6.09 Å². The van der Waals surface area contributed by atoms with Crippen molar-refractivity contribution in [1.29, 1.82) is 0 Å². The Hall–Kier alpha value is -0.950. The lowest BCUT2D eigenvalue weighted by atomic mass is 10.2. The van der Waals surface area contributed by atoms with E-state index in [0.29, 0.717) is 17.4 Å². The molecule has 1 fully saturated rings. The Morgan fingerprint density at radius 3 is 2.89 bits per heavy atom. The average molecular weight is 302 g/mol. The van der Waals surface area contributed by atoms with Crippen molar-refractivity contribution in [3.63, 3.8) is 0 Å². The van der Waals surface area contributed by atoms with Gasteiger partial charge in [0.05, 0.1) is 16.0 Å². The molecule has 1 aromatic rings. The summed E-state index contributed by atoms with van der Waals surface area (Å²) in [6.45, 7) is 6.59. The van der Waals surface area contributed by atoms with Crippen molar-refractivity contribution in [3.05, 3.63) is 11.6 Å². The Morgan fingerprint density at radius 2 is 2.32 bits per heavy atom. The van der Waals surface area contributed by atoms with Gasteiger partial charge in [0.15, 0.2) is 4.34 Å². The van der Waals surface area contributed by atoms with Crippen LogP contribution in [0.25, 0.3) is 0 Å². The summed E-state index contributed by atoms with van der Waals surface area (Å²) in [7, 11) is -1.13. The smallest absolute Gasteiger partial charge is 0.410 e. The first-order valence-electron chi connectivity index (χ1n) is 6.15. The molecular formula is C12H18N2O3S2. The van der Waals surface area contributed by atoms with E-state index < -0.39 is 16.4 Å². The second kappa shape index (κ2) is 5.58. The number of hydrogen-bond acceptors (Lipinski definition) is 5. The molecule has 0 aromatic carbocycles. The zero-order valence-electron chi connectivity index (χ0n) is 11.3. The fraction of sp³-hybridized carbons (Fsp3) is 0.667. The number of likely N-dealkylation sites (tertiary alicyclic amines) is 1. The molecular weight excluding hydrogens is 284 g/mol. The van der Waals surface area contributed by atoms with Gasteiger partial charge in [-0.3, -0.25) is 4.21 Å². The lowest BCUT2D eigenvalue weighted by Gasteiger charge is -2.24. The van der Waals surface area contributed by atoms with Gasteiger partial charge in [0.1, 0.15) is 5.60 Å². The molecule has 0 saturated carbocycles. The maximum atomic E-state index is 12.2. The number of thiazole rings is 1. The van der Waals surface area contributed by atoms with Crippen molar-refractivity contribution < 1.29 is 13.7 Å². The topological polar surface area (TPSA) is 59.5 Å². The van der Waals surface area contributed by atoms with Crippen molar-refractivity contribution in [1.82, 2.24) is 9.88 Å². The Morgan fingerprint density at radius 1 is 1.58 bits per heavy atom. The largest absolute Gasteiger partial charge is 0.444 e. The molecule has 7 heteroatoms. The predicted octanol–water partition coefficient (Wildman–Crippen LogP) is 2.26. The Kier molecular flexibility index (Phi) is 4.25. The lowest BCUT2D eigenvalue weighted by molar-refractivity contribution is 0.0295. The number of hydrogen-bond donors (Lipinski definition) is 0. The summed E-state index contributed by atoms with van der Waals surface area (Å²) >= 11 is 1.39. The van der Waals surface area contributed by atoms with Gasteiger partial charge in [-0.15, -0.1) is 11.3 Å². The van der Waals surface area contributed by atoms with Crippen LogP contribution in [-0.2, 0) is 15.5 Å². The number of carbonyl (C=O) groups excluding carboxylic acids is 1. The van der Waals surface area contributed by atoms with Gasteiger partial charge < -0.3 is 9.64 Å². The molecule has 0 radical (unpaired) electrons. The van der Waals surface area contributed by atoms with E-state index in [1.54, 1.807) is 11.1 Å². The quantitative estimate of drug-likeness (QED) is 0.841. The third kappa shape index (κ3) is 3.76. The SMILES string of the molecule is CC(C)(C)OC(=O)N1CC[C@@H]([S@](=O)c2nccs2)C1. The van der Waals surface area contributed by atoms with Crippen molar-refractivity contribution in [2.75, 3.05) is 13.1 Å². The summed E-state index contributed by atoms with van der Waals surface area (Å²) in [6.07, 6.45) is 2.05. The monoisotopic (exact) mass is 302 g/mol. The number of ether oxygens (including phenoxy) is 1. The molecule has 1 amide bonds. The van der Waals surface area contributed by atoms with Crippen molar-refractivity contribution in [2.45, 2.75) is 42.4 Å². The lowest BCUT2D eigenvalue weighted by Crippen LogP contribution is -2.36. The molecule has 1 saturated heterocycles. The molecule has 19 heavy (non-hydrogen) atoms. The van der Waals surface area contributed by atoms with E-state index in [9.17, 15) is 9.00 Å². The zero-order chi connectivity index (χ0) is 14.0. The van der Waals surface area contributed by atoms with Gasteiger partial charge in [-0.05, 0) is 27.2 Å². The minimum absolute atomic E-state index is 0.0429. The summed E-state index contributed by atoms with van der Waals surface area (Å²) in [5.74, 6) is 0. The molecule has 0 bridgehead atoms. The fourth-order valence-corrected chi connectivity index (χ4v) is 4.25. The summed E-state index contributed by atoms with van der Waals surface area (Å²) in [5, 5.41) is 1.77. The van der Waals surface area contributed by atoms with Gasteiger partial charge in [-0.25, -0.2) is 9.78 Å². The van der Waals surface area contributed by atoms with Crippen LogP contribution in [0.2, 0.25) is 0 Å². The summed E-state index contributed by atoms with van der Waals surface area (Å²) in [6, 6.07) is 0. The average Bonchev–Trinajstić information content (AvgIpc) is 2.98. The van der Waals surface area contributed by atoms with Crippen LogP contribution in [0.4, 0.5) is 4.79 Å². The molecule has 1 aliphatic rings. The highest BCUT2D eigenvalue weighted by Gasteiger charge is 2.33. The Bertz CT molecular complexity index is 468. The molecule has 1 aromatic heterocycles. The predicted molar refractivity (Wildman–Crippen MR) is 74.7 cm³/mol. The van der Waals surface area contributed by atoms with E-state index in [1.165, 1.54) is 11.3 Å². The van der Waals surface area contributed by atoms with Crippen LogP contribution in [0.5, 0.6) is 0 Å². The summed E-state index contributed by atoms with van der Waals surface area (Å²) in [4.78, 5) is 17.6. The van der Waals surface area contributed by atoms with Crippen LogP contribution in [0.3, 0.4) is 0 Å². The minimum Gasteiger partial charge on any atom is -0.444 e. The molecule has 0 N–H and O–H groups in total. The van der Waals surface area contributed by atoms with Gasteiger partial charge in [0, 0.05) is 24.7 Å². The highest BCUT2D eigenvalue weighted by molar-refractivity contribution is 7.87. The first-order chi connectivity index (χ1) is 8.87. The third-order valence-corrected chi connectivity index (χ3v) is 5.47. The number of carbonyl (C=O) groups is 1. The molecule has 5 nitrogen and oxygen atoms in total. The van der Waals surface area contributed by atoms with E-state index in [4.69, 9.17) is 4.74 Å². The van der Waals surface area contributed by atoms with Crippen LogP contribution in [0.15, 0.2) is 15.9 Å². The second-order valence-electron chi connectivity index (χ2n) is 5.43. The van der Waals surface area contributed by atoms with Crippen LogP contribution in [-0.4, -0.2) is 44.1 Å². The number of amides is 1. The van der Waals surface area contributed by atoms with Crippen LogP contribution >= 0.6 is 11.3 Å². The Labute approximate surface area is 119 Å². The van der Waals surface area contributed by atoms with Gasteiger partial charge in [0.25, 0.3) is 0 Å². The number of aromatic nitrogens is 1. The summed E-state index contributed by atoms with van der Waals surface area (Å²) < 4.78 is 18.2.